The van der Waals surface area contributed by atoms with E-state index < -0.39 is 15.6 Å². The van der Waals surface area contributed by atoms with Crippen molar-refractivity contribution < 1.29 is 23.0 Å². The van der Waals surface area contributed by atoms with Gasteiger partial charge in [-0.3, -0.25) is 0 Å². The van der Waals surface area contributed by atoms with Crippen molar-refractivity contribution in [2.45, 2.75) is 23.3 Å². The molecule has 1 aromatic carbocycles. The third-order valence-corrected chi connectivity index (χ3v) is 6.83. The van der Waals surface area contributed by atoms with E-state index in [1.165, 1.54) is 37.7 Å². The summed E-state index contributed by atoms with van der Waals surface area (Å²) >= 11 is 1.43. The summed E-state index contributed by atoms with van der Waals surface area (Å²) in [5, 5.41) is 12.9. The van der Waals surface area contributed by atoms with Crippen molar-refractivity contribution in [1.29, 1.82) is 0 Å². The molecule has 1 unspecified atom stereocenters. The maximum atomic E-state index is 12.6. The van der Waals surface area contributed by atoms with Crippen molar-refractivity contribution in [1.82, 2.24) is 4.72 Å². The first-order valence-electron chi connectivity index (χ1n) is 7.89. The van der Waals surface area contributed by atoms with Crippen LogP contribution in [0.1, 0.15) is 17.7 Å². The molecule has 8 heteroatoms. The Bertz CT molecular complexity index is 831. The Kier molecular flexibility index (Phi) is 5.06. The Balaban J connectivity index is 1.82. The van der Waals surface area contributed by atoms with E-state index in [2.05, 4.69) is 4.72 Å². The molecule has 0 amide bonds. The molecule has 136 valence electrons. The van der Waals surface area contributed by atoms with Crippen molar-refractivity contribution in [2.75, 3.05) is 20.8 Å². The monoisotopic (exact) mass is 383 g/mol. The fraction of sp³-hybridized carbons (Fsp3) is 0.412. The zero-order valence-electron chi connectivity index (χ0n) is 14.1. The largest absolute Gasteiger partial charge is 0.493 e. The first-order chi connectivity index (χ1) is 11.9. The summed E-state index contributed by atoms with van der Waals surface area (Å²) in [5.41, 5.74) is -1.17. The van der Waals surface area contributed by atoms with E-state index in [0.717, 1.165) is 17.7 Å². The van der Waals surface area contributed by atoms with Gasteiger partial charge in [0.25, 0.3) is 0 Å². The van der Waals surface area contributed by atoms with Crippen LogP contribution in [0.2, 0.25) is 0 Å². The Morgan fingerprint density at radius 2 is 1.96 bits per heavy atom. The summed E-state index contributed by atoms with van der Waals surface area (Å²) in [5.74, 6) is 0.870. The number of sulfonamides is 1. The van der Waals surface area contributed by atoms with Crippen LogP contribution < -0.4 is 14.2 Å². The van der Waals surface area contributed by atoms with Crippen LogP contribution in [-0.4, -0.2) is 34.3 Å². The van der Waals surface area contributed by atoms with Gasteiger partial charge < -0.3 is 14.6 Å². The van der Waals surface area contributed by atoms with E-state index in [1.54, 1.807) is 6.07 Å². The second-order valence-corrected chi connectivity index (χ2v) is 8.73. The minimum absolute atomic E-state index is 0.0607. The number of thiophene rings is 1. The van der Waals surface area contributed by atoms with Crippen LogP contribution in [-0.2, 0) is 15.6 Å². The molecule has 0 saturated heterocycles. The van der Waals surface area contributed by atoms with Crippen molar-refractivity contribution in [3.05, 3.63) is 40.6 Å². The third kappa shape index (κ3) is 3.67. The van der Waals surface area contributed by atoms with E-state index in [9.17, 15) is 13.5 Å². The molecule has 1 heterocycles. The van der Waals surface area contributed by atoms with Gasteiger partial charge >= 0.3 is 0 Å². The number of ether oxygens (including phenoxy) is 2. The zero-order valence-corrected chi connectivity index (χ0v) is 15.7. The normalized spacial score (nSPS) is 17.1. The maximum Gasteiger partial charge on any atom is 0.240 e. The maximum absolute atomic E-state index is 12.6. The molecule has 25 heavy (non-hydrogen) atoms. The molecular weight excluding hydrogens is 362 g/mol. The van der Waals surface area contributed by atoms with Gasteiger partial charge in [-0.2, -0.15) is 0 Å². The van der Waals surface area contributed by atoms with Gasteiger partial charge in [0.1, 0.15) is 5.60 Å². The molecule has 1 aliphatic rings. The highest BCUT2D eigenvalue weighted by atomic mass is 32.2. The fourth-order valence-corrected chi connectivity index (χ4v) is 4.78. The predicted molar refractivity (Wildman–Crippen MR) is 95.7 cm³/mol. The number of methoxy groups -OCH3 is 2. The molecule has 1 fully saturated rings. The van der Waals surface area contributed by atoms with Crippen LogP contribution in [0, 0.1) is 5.92 Å². The number of nitrogens with one attached hydrogen (secondary N) is 1. The van der Waals surface area contributed by atoms with E-state index in [1.807, 2.05) is 17.5 Å². The summed E-state index contributed by atoms with van der Waals surface area (Å²) in [6, 6.07) is 8.09. The van der Waals surface area contributed by atoms with Crippen LogP contribution in [0.25, 0.3) is 0 Å². The highest BCUT2D eigenvalue weighted by Crippen LogP contribution is 2.46. The Morgan fingerprint density at radius 3 is 2.52 bits per heavy atom. The van der Waals surface area contributed by atoms with Gasteiger partial charge in [0.15, 0.2) is 11.5 Å². The summed E-state index contributed by atoms with van der Waals surface area (Å²) in [7, 11) is -0.853. The number of aliphatic hydroxyl groups is 1. The van der Waals surface area contributed by atoms with Crippen LogP contribution in [0.4, 0.5) is 0 Å². The van der Waals surface area contributed by atoms with Crippen LogP contribution >= 0.6 is 11.3 Å². The molecule has 0 radical (unpaired) electrons. The second-order valence-electron chi connectivity index (χ2n) is 6.02. The number of rotatable bonds is 8. The first-order valence-corrected chi connectivity index (χ1v) is 10.2. The topological polar surface area (TPSA) is 84.9 Å². The number of hydrogen-bond acceptors (Lipinski definition) is 6. The van der Waals surface area contributed by atoms with Crippen LogP contribution in [0.15, 0.2) is 40.6 Å². The smallest absolute Gasteiger partial charge is 0.240 e. The molecule has 0 aliphatic heterocycles. The van der Waals surface area contributed by atoms with Gasteiger partial charge in [-0.25, -0.2) is 13.1 Å². The van der Waals surface area contributed by atoms with Crippen LogP contribution in [0.3, 0.4) is 0 Å². The van der Waals surface area contributed by atoms with E-state index in [0.29, 0.717) is 11.5 Å². The lowest BCUT2D eigenvalue weighted by Crippen LogP contribution is -2.41. The Labute approximate surface area is 151 Å². The van der Waals surface area contributed by atoms with Gasteiger partial charge in [-0.15, -0.1) is 11.3 Å². The Morgan fingerprint density at radius 1 is 1.24 bits per heavy atom. The van der Waals surface area contributed by atoms with Gasteiger partial charge in [-0.1, -0.05) is 6.07 Å². The average molecular weight is 383 g/mol. The molecule has 2 aromatic rings. The minimum Gasteiger partial charge on any atom is -0.493 e. The molecule has 1 saturated carbocycles. The lowest BCUT2D eigenvalue weighted by atomic mass is 9.96. The molecule has 6 nitrogen and oxygen atoms in total. The Hall–Kier alpha value is -1.61. The summed E-state index contributed by atoms with van der Waals surface area (Å²) in [6.07, 6.45) is 1.79. The van der Waals surface area contributed by atoms with Crippen molar-refractivity contribution in [3.63, 3.8) is 0 Å². The molecule has 3 rings (SSSR count). The molecule has 1 aliphatic carbocycles. The number of hydrogen-bond donors (Lipinski definition) is 2. The summed E-state index contributed by atoms with van der Waals surface area (Å²) in [4.78, 5) is 0.847. The lowest BCUT2D eigenvalue weighted by Gasteiger charge is -2.27. The van der Waals surface area contributed by atoms with Gasteiger partial charge in [0.05, 0.1) is 19.1 Å². The van der Waals surface area contributed by atoms with Crippen molar-refractivity contribution in [2.24, 2.45) is 5.92 Å². The standard InChI is InChI=1S/C17H21NO5S2/c1-22-14-8-7-13(10-15(14)23-2)25(20,21)18-11-17(19,12-5-6-12)16-4-3-9-24-16/h3-4,7-10,12,18-19H,5-6,11H2,1-2H3. The summed E-state index contributed by atoms with van der Waals surface area (Å²) < 4.78 is 38.1. The molecule has 0 bridgehead atoms. The second kappa shape index (κ2) is 6.95. The predicted octanol–water partition coefficient (Wildman–Crippen LogP) is 2.34. The van der Waals surface area contributed by atoms with E-state index in [-0.39, 0.29) is 17.4 Å². The molecule has 0 spiro atoms. The number of benzene rings is 1. The average Bonchev–Trinajstić information content (AvgIpc) is 3.34. The van der Waals surface area contributed by atoms with Crippen molar-refractivity contribution in [3.8, 4) is 11.5 Å². The molecular formula is C17H21NO5S2. The SMILES string of the molecule is COc1ccc(S(=O)(=O)NCC(O)(c2cccs2)C2CC2)cc1OC. The van der Waals surface area contributed by atoms with Gasteiger partial charge in [0.2, 0.25) is 10.0 Å². The molecule has 2 N–H and O–H groups in total. The highest BCUT2D eigenvalue weighted by Gasteiger charge is 2.46. The molecule has 1 atom stereocenters. The van der Waals surface area contributed by atoms with Gasteiger partial charge in [0, 0.05) is 17.5 Å². The van der Waals surface area contributed by atoms with Crippen LogP contribution in [0.5, 0.6) is 11.5 Å². The van der Waals surface area contributed by atoms with Crippen molar-refractivity contribution >= 4 is 21.4 Å². The highest BCUT2D eigenvalue weighted by molar-refractivity contribution is 7.89. The van der Waals surface area contributed by atoms with Gasteiger partial charge in [-0.05, 0) is 42.3 Å². The quantitative estimate of drug-likeness (QED) is 0.731. The molecule has 1 aromatic heterocycles. The van der Waals surface area contributed by atoms with E-state index in [4.69, 9.17) is 9.47 Å². The fourth-order valence-electron chi connectivity index (χ4n) is 2.79. The van der Waals surface area contributed by atoms with E-state index >= 15 is 0 Å². The zero-order chi connectivity index (χ0) is 18.1. The summed E-state index contributed by atoms with van der Waals surface area (Å²) in [6.45, 7) is -0.0607. The first kappa shape index (κ1) is 18.2. The lowest BCUT2D eigenvalue weighted by molar-refractivity contribution is 0.0222. The minimum atomic E-state index is -3.79. The third-order valence-electron chi connectivity index (χ3n) is 4.40.